The number of rotatable bonds is 5. The van der Waals surface area contributed by atoms with E-state index in [4.69, 9.17) is 4.74 Å². The van der Waals surface area contributed by atoms with Crippen LogP contribution >= 0.6 is 0 Å². The van der Waals surface area contributed by atoms with E-state index in [1.54, 1.807) is 12.1 Å². The van der Waals surface area contributed by atoms with Crippen LogP contribution in [0.15, 0.2) is 36.4 Å². The number of nitrogens with one attached hydrogen (secondary N) is 1. The second kappa shape index (κ2) is 8.88. The molecular weight excluding hydrogens is 435 g/mol. The number of halogens is 3. The van der Waals surface area contributed by atoms with Crippen molar-refractivity contribution in [1.82, 2.24) is 9.55 Å². The number of alkyl halides is 3. The van der Waals surface area contributed by atoms with E-state index in [1.165, 1.54) is 13.2 Å². The van der Waals surface area contributed by atoms with Crippen LogP contribution in [-0.4, -0.2) is 28.9 Å². The van der Waals surface area contributed by atoms with Gasteiger partial charge in [-0.1, -0.05) is 6.07 Å². The Morgan fingerprint density at radius 1 is 1.18 bits per heavy atom. The van der Waals surface area contributed by atoms with Crippen molar-refractivity contribution in [2.45, 2.75) is 37.8 Å². The second-order valence-electron chi connectivity index (χ2n) is 8.35. The molecule has 1 amide bonds. The maximum Gasteiger partial charge on any atom is 0.433 e. The van der Waals surface area contributed by atoms with Crippen LogP contribution in [0.5, 0.6) is 5.75 Å². The maximum absolute atomic E-state index is 13.0. The summed E-state index contributed by atoms with van der Waals surface area (Å²) in [5, 5.41) is 3.50. The Balaban J connectivity index is 1.63. The Morgan fingerprint density at radius 2 is 1.91 bits per heavy atom. The molecule has 0 aliphatic heterocycles. The first-order valence-electron chi connectivity index (χ1n) is 10.7. The summed E-state index contributed by atoms with van der Waals surface area (Å²) in [4.78, 5) is 27.2. The van der Waals surface area contributed by atoms with Crippen molar-refractivity contribution in [1.29, 1.82) is 0 Å². The number of fused-ring (bicyclic) bond motifs is 1. The van der Waals surface area contributed by atoms with Crippen molar-refractivity contribution >= 4 is 28.8 Å². The van der Waals surface area contributed by atoms with Gasteiger partial charge in [0.2, 0.25) is 0 Å². The first-order valence-corrected chi connectivity index (χ1v) is 10.7. The van der Waals surface area contributed by atoms with Gasteiger partial charge in [0.25, 0.3) is 5.91 Å². The molecule has 4 rings (SSSR count). The molecule has 1 aliphatic carbocycles. The van der Waals surface area contributed by atoms with Crippen LogP contribution in [0.3, 0.4) is 0 Å². The van der Waals surface area contributed by atoms with Crippen LogP contribution in [0.4, 0.5) is 18.9 Å². The molecule has 0 spiro atoms. The van der Waals surface area contributed by atoms with Crippen LogP contribution in [0.25, 0.3) is 10.9 Å². The number of amides is 1. The molecule has 174 valence electrons. The Bertz CT molecular complexity index is 1190. The number of hydrogen-bond acceptors (Lipinski definition) is 4. The molecule has 3 aromatic rings. The molecule has 1 aliphatic rings. The predicted molar refractivity (Wildman–Crippen MR) is 117 cm³/mol. The highest BCUT2D eigenvalue weighted by Gasteiger charge is 2.33. The molecule has 33 heavy (non-hydrogen) atoms. The number of pyridine rings is 1. The number of aromatic nitrogens is 2. The van der Waals surface area contributed by atoms with Gasteiger partial charge in [-0.15, -0.1) is 0 Å². The molecule has 0 atom stereocenters. The number of nitrogens with zero attached hydrogens (tertiary/aromatic N) is 2. The van der Waals surface area contributed by atoms with Crippen LogP contribution in [0, 0.1) is 5.92 Å². The molecule has 1 fully saturated rings. The standard InChI is InChI=1S/C24H24F3N3O3/c1-30-19(15-8-6-14(13-31)7-9-15)11-16-10-18(21(33-2)12-20(16)30)29-23(32)17-4-3-5-22(28-17)24(25,26)27/h3-5,10-15H,6-9H2,1-2H3,(H,29,32). The first kappa shape index (κ1) is 22.8. The monoisotopic (exact) mass is 459 g/mol. The van der Waals surface area contributed by atoms with Gasteiger partial charge >= 0.3 is 6.18 Å². The fourth-order valence-electron chi connectivity index (χ4n) is 4.50. The molecule has 0 unspecified atom stereocenters. The van der Waals surface area contributed by atoms with E-state index in [1.807, 2.05) is 7.05 Å². The number of ether oxygens (including phenoxy) is 1. The molecule has 1 N–H and O–H groups in total. The highest BCUT2D eigenvalue weighted by atomic mass is 19.4. The Morgan fingerprint density at radius 3 is 2.55 bits per heavy atom. The Hall–Kier alpha value is -3.36. The maximum atomic E-state index is 13.0. The van der Waals surface area contributed by atoms with Gasteiger partial charge in [0.15, 0.2) is 0 Å². The molecule has 2 heterocycles. The third-order valence-corrected chi connectivity index (χ3v) is 6.30. The summed E-state index contributed by atoms with van der Waals surface area (Å²) in [7, 11) is 3.43. The van der Waals surface area contributed by atoms with Crippen molar-refractivity contribution in [2.75, 3.05) is 12.4 Å². The Kier molecular flexibility index (Phi) is 6.14. The third kappa shape index (κ3) is 4.58. The topological polar surface area (TPSA) is 73.2 Å². The zero-order valence-corrected chi connectivity index (χ0v) is 18.3. The molecule has 0 bridgehead atoms. The summed E-state index contributed by atoms with van der Waals surface area (Å²) in [5.41, 5.74) is 0.923. The quantitative estimate of drug-likeness (QED) is 0.524. The summed E-state index contributed by atoms with van der Waals surface area (Å²) in [6.07, 6.45) is -0.0192. The van der Waals surface area contributed by atoms with Crippen molar-refractivity contribution in [3.05, 3.63) is 53.5 Å². The molecule has 0 radical (unpaired) electrons. The van der Waals surface area contributed by atoms with Crippen LogP contribution in [0.2, 0.25) is 0 Å². The van der Waals surface area contributed by atoms with Crippen LogP contribution < -0.4 is 10.1 Å². The fraction of sp³-hybridized carbons (Fsp3) is 0.375. The SMILES string of the molecule is COc1cc2c(cc1NC(=O)c1cccc(C(F)(F)F)n1)cc(C1CCC(C=O)CC1)n2C. The number of methoxy groups -OCH3 is 1. The zero-order valence-electron chi connectivity index (χ0n) is 18.3. The summed E-state index contributed by atoms with van der Waals surface area (Å²) >= 11 is 0. The number of hydrogen-bond donors (Lipinski definition) is 1. The lowest BCUT2D eigenvalue weighted by molar-refractivity contribution is -0.141. The van der Waals surface area contributed by atoms with Gasteiger partial charge in [0.1, 0.15) is 23.4 Å². The number of anilines is 1. The smallest absolute Gasteiger partial charge is 0.433 e. The van der Waals surface area contributed by atoms with Gasteiger partial charge in [-0.05, 0) is 55.9 Å². The minimum absolute atomic E-state index is 0.127. The highest BCUT2D eigenvalue weighted by Crippen LogP contribution is 2.39. The number of carbonyl (C=O) groups is 2. The molecule has 6 nitrogen and oxygen atoms in total. The second-order valence-corrected chi connectivity index (χ2v) is 8.35. The first-order chi connectivity index (χ1) is 15.7. The largest absolute Gasteiger partial charge is 0.494 e. The minimum Gasteiger partial charge on any atom is -0.494 e. The summed E-state index contributed by atoms with van der Waals surface area (Å²) < 4.78 is 46.4. The van der Waals surface area contributed by atoms with Crippen LogP contribution in [0.1, 0.15) is 53.5 Å². The highest BCUT2D eigenvalue weighted by molar-refractivity contribution is 6.05. The van der Waals surface area contributed by atoms with Crippen molar-refractivity contribution in [2.24, 2.45) is 13.0 Å². The van der Waals surface area contributed by atoms with Gasteiger partial charge in [0, 0.05) is 30.1 Å². The summed E-state index contributed by atoms with van der Waals surface area (Å²) in [6.45, 7) is 0. The van der Waals surface area contributed by atoms with Crippen LogP contribution in [-0.2, 0) is 18.0 Å². The van der Waals surface area contributed by atoms with E-state index in [9.17, 15) is 22.8 Å². The zero-order chi connectivity index (χ0) is 23.8. The average Bonchev–Trinajstić information content (AvgIpc) is 3.13. The van der Waals surface area contributed by atoms with E-state index in [0.717, 1.165) is 60.7 Å². The van der Waals surface area contributed by atoms with E-state index >= 15 is 0 Å². The summed E-state index contributed by atoms with van der Waals surface area (Å²) in [6, 6.07) is 8.79. The van der Waals surface area contributed by atoms with E-state index in [2.05, 4.69) is 20.9 Å². The van der Waals surface area contributed by atoms with Crippen molar-refractivity contribution in [3.8, 4) is 5.75 Å². The fourth-order valence-corrected chi connectivity index (χ4v) is 4.50. The van der Waals surface area contributed by atoms with Crippen molar-refractivity contribution < 1.29 is 27.5 Å². The molecular formula is C24H24F3N3O3. The number of aldehydes is 1. The average molecular weight is 459 g/mol. The number of aryl methyl sites for hydroxylation is 1. The summed E-state index contributed by atoms with van der Waals surface area (Å²) in [5.74, 6) is 0.0848. The number of carbonyl (C=O) groups excluding carboxylic acids is 2. The molecule has 0 saturated heterocycles. The van der Waals surface area contributed by atoms with E-state index in [-0.39, 0.29) is 11.6 Å². The van der Waals surface area contributed by atoms with E-state index < -0.39 is 17.8 Å². The number of benzene rings is 1. The molecule has 1 aromatic carbocycles. The van der Waals surface area contributed by atoms with E-state index in [0.29, 0.717) is 17.4 Å². The lowest BCUT2D eigenvalue weighted by Crippen LogP contribution is -2.17. The van der Waals surface area contributed by atoms with Crippen molar-refractivity contribution in [3.63, 3.8) is 0 Å². The van der Waals surface area contributed by atoms with Gasteiger partial charge in [-0.25, -0.2) is 4.98 Å². The van der Waals surface area contributed by atoms with Gasteiger partial charge in [-0.2, -0.15) is 13.2 Å². The molecule has 1 saturated carbocycles. The van der Waals surface area contributed by atoms with Gasteiger partial charge in [0.05, 0.1) is 18.3 Å². The lowest BCUT2D eigenvalue weighted by atomic mass is 9.81. The minimum atomic E-state index is -4.64. The molecule has 9 heteroatoms. The third-order valence-electron chi connectivity index (χ3n) is 6.30. The Labute approximate surface area is 188 Å². The van der Waals surface area contributed by atoms with Gasteiger partial charge < -0.3 is 19.4 Å². The lowest BCUT2D eigenvalue weighted by Gasteiger charge is -2.26. The normalized spacial score (nSPS) is 18.8. The van der Waals surface area contributed by atoms with Gasteiger partial charge in [-0.3, -0.25) is 4.79 Å². The predicted octanol–water partition coefficient (Wildman–Crippen LogP) is 5.33. The molecule has 2 aromatic heterocycles.